The van der Waals surface area contributed by atoms with Crippen LogP contribution in [-0.2, 0) is 11.3 Å². The molecule has 2 aromatic rings. The third-order valence-corrected chi connectivity index (χ3v) is 4.77. The van der Waals surface area contributed by atoms with E-state index >= 15 is 0 Å². The lowest BCUT2D eigenvalue weighted by Gasteiger charge is -2.34. The number of methoxy groups -OCH3 is 2. The quantitative estimate of drug-likeness (QED) is 0.730. The van der Waals surface area contributed by atoms with Crippen molar-refractivity contribution in [1.82, 2.24) is 9.80 Å². The number of nitrogens with zero attached hydrogens (tertiary/aromatic N) is 2. The van der Waals surface area contributed by atoms with E-state index in [4.69, 9.17) is 14.2 Å². The zero-order valence-corrected chi connectivity index (χ0v) is 16.2. The van der Waals surface area contributed by atoms with Gasteiger partial charge in [-0.1, -0.05) is 18.2 Å². The topological polar surface area (TPSA) is 51.2 Å². The number of carbonyl (C=O) groups is 1. The van der Waals surface area contributed by atoms with Crippen LogP contribution in [0.5, 0.6) is 17.2 Å². The molecule has 1 amide bonds. The lowest BCUT2D eigenvalue weighted by Crippen LogP contribution is -2.49. The Labute approximate surface area is 164 Å². The summed E-state index contributed by atoms with van der Waals surface area (Å²) in [4.78, 5) is 16.4. The van der Waals surface area contributed by atoms with Crippen molar-refractivity contribution >= 4 is 5.91 Å². The summed E-state index contributed by atoms with van der Waals surface area (Å²) in [6.07, 6.45) is 0. The number of para-hydroxylation sites is 2. The van der Waals surface area contributed by atoms with Crippen LogP contribution in [0.2, 0.25) is 0 Å². The Morgan fingerprint density at radius 3 is 2.29 bits per heavy atom. The third-order valence-electron chi connectivity index (χ3n) is 4.77. The fraction of sp³-hybridized carbons (Fsp3) is 0.381. The number of amides is 1. The Bertz CT molecular complexity index is 807. The lowest BCUT2D eigenvalue weighted by molar-refractivity contribution is -0.135. The van der Waals surface area contributed by atoms with E-state index in [0.717, 1.165) is 18.7 Å². The molecular weight excluding hydrogens is 363 g/mol. The van der Waals surface area contributed by atoms with Crippen LogP contribution in [0.15, 0.2) is 42.5 Å². The number of ether oxygens (including phenoxy) is 3. The highest BCUT2D eigenvalue weighted by Crippen LogP contribution is 2.25. The van der Waals surface area contributed by atoms with Crippen molar-refractivity contribution in [1.29, 1.82) is 0 Å². The molecule has 0 atom stereocenters. The number of carbonyl (C=O) groups excluding carboxylic acids is 1. The van der Waals surface area contributed by atoms with Crippen molar-refractivity contribution in [3.05, 3.63) is 53.8 Å². The maximum Gasteiger partial charge on any atom is 0.260 e. The number of benzene rings is 2. The molecule has 1 saturated heterocycles. The molecule has 1 aliphatic heterocycles. The molecule has 0 aromatic heterocycles. The maximum atomic E-state index is 13.8. The molecule has 0 aliphatic carbocycles. The SMILES string of the molecule is COc1ccc(CN2CCN(C(=O)COc3ccccc3OC)CC2)cc1F. The van der Waals surface area contributed by atoms with Crippen LogP contribution >= 0.6 is 0 Å². The highest BCUT2D eigenvalue weighted by Gasteiger charge is 2.22. The second-order valence-electron chi connectivity index (χ2n) is 6.57. The molecule has 1 aliphatic rings. The second kappa shape index (κ2) is 9.41. The molecule has 7 heteroatoms. The summed E-state index contributed by atoms with van der Waals surface area (Å²) in [7, 11) is 3.02. The lowest BCUT2D eigenvalue weighted by atomic mass is 10.2. The number of rotatable bonds is 7. The van der Waals surface area contributed by atoms with Crippen molar-refractivity contribution in [3.8, 4) is 17.2 Å². The Morgan fingerprint density at radius 1 is 0.964 bits per heavy atom. The van der Waals surface area contributed by atoms with Gasteiger partial charge < -0.3 is 19.1 Å². The van der Waals surface area contributed by atoms with Crippen LogP contribution in [0.25, 0.3) is 0 Å². The summed E-state index contributed by atoms with van der Waals surface area (Å²) >= 11 is 0. The first-order chi connectivity index (χ1) is 13.6. The number of piperazine rings is 1. The van der Waals surface area contributed by atoms with E-state index in [9.17, 15) is 9.18 Å². The van der Waals surface area contributed by atoms with Crippen LogP contribution in [0.3, 0.4) is 0 Å². The van der Waals surface area contributed by atoms with Gasteiger partial charge in [-0.15, -0.1) is 0 Å². The highest BCUT2D eigenvalue weighted by molar-refractivity contribution is 5.78. The molecule has 1 fully saturated rings. The van der Waals surface area contributed by atoms with E-state index in [-0.39, 0.29) is 24.1 Å². The average molecular weight is 388 g/mol. The van der Waals surface area contributed by atoms with Crippen LogP contribution in [-0.4, -0.2) is 62.7 Å². The summed E-state index contributed by atoms with van der Waals surface area (Å²) in [5, 5.41) is 0. The zero-order valence-electron chi connectivity index (χ0n) is 16.2. The zero-order chi connectivity index (χ0) is 19.9. The van der Waals surface area contributed by atoms with Crippen LogP contribution in [0, 0.1) is 5.82 Å². The first kappa shape index (κ1) is 19.9. The molecule has 2 aromatic carbocycles. The second-order valence-corrected chi connectivity index (χ2v) is 6.57. The van der Waals surface area contributed by atoms with Gasteiger partial charge in [-0.3, -0.25) is 9.69 Å². The van der Waals surface area contributed by atoms with Gasteiger partial charge in [0.1, 0.15) is 0 Å². The minimum absolute atomic E-state index is 0.0237. The summed E-state index contributed by atoms with van der Waals surface area (Å²) in [6.45, 7) is 3.31. The third kappa shape index (κ3) is 4.92. The molecule has 3 rings (SSSR count). The largest absolute Gasteiger partial charge is 0.494 e. The Kier molecular flexibility index (Phi) is 6.71. The van der Waals surface area contributed by atoms with Gasteiger partial charge >= 0.3 is 0 Å². The average Bonchev–Trinajstić information content (AvgIpc) is 2.73. The van der Waals surface area contributed by atoms with E-state index in [2.05, 4.69) is 4.90 Å². The van der Waals surface area contributed by atoms with E-state index in [1.165, 1.54) is 13.2 Å². The maximum absolute atomic E-state index is 13.8. The normalized spacial score (nSPS) is 14.6. The molecule has 0 unspecified atom stereocenters. The Balaban J connectivity index is 1.47. The van der Waals surface area contributed by atoms with E-state index in [0.29, 0.717) is 31.1 Å². The number of hydrogen-bond acceptors (Lipinski definition) is 5. The summed E-state index contributed by atoms with van der Waals surface area (Å²) in [5.41, 5.74) is 0.887. The standard InChI is InChI=1S/C21H25FN2O4/c1-26-18-8-7-16(13-17(18)22)14-23-9-11-24(12-10-23)21(25)15-28-20-6-4-3-5-19(20)27-2/h3-8,13H,9-12,14-15H2,1-2H3. The van der Waals surface area contributed by atoms with Gasteiger partial charge in [0.2, 0.25) is 0 Å². The molecule has 0 saturated carbocycles. The minimum Gasteiger partial charge on any atom is -0.494 e. The van der Waals surface area contributed by atoms with Crippen LogP contribution in [0.1, 0.15) is 5.56 Å². The monoisotopic (exact) mass is 388 g/mol. The van der Waals surface area contributed by atoms with E-state index in [1.807, 2.05) is 18.2 Å². The number of halogens is 1. The van der Waals surface area contributed by atoms with E-state index in [1.54, 1.807) is 30.2 Å². The van der Waals surface area contributed by atoms with Gasteiger partial charge in [0, 0.05) is 32.7 Å². The van der Waals surface area contributed by atoms with Gasteiger partial charge in [0.25, 0.3) is 5.91 Å². The molecular formula is C21H25FN2O4. The Hall–Kier alpha value is -2.80. The van der Waals surface area contributed by atoms with Gasteiger partial charge in [0.15, 0.2) is 29.7 Å². The fourth-order valence-electron chi connectivity index (χ4n) is 3.19. The van der Waals surface area contributed by atoms with Crippen molar-refractivity contribution in [2.45, 2.75) is 6.54 Å². The molecule has 1 heterocycles. The Morgan fingerprint density at radius 2 is 1.64 bits per heavy atom. The molecule has 28 heavy (non-hydrogen) atoms. The van der Waals surface area contributed by atoms with Gasteiger partial charge in [-0.25, -0.2) is 4.39 Å². The first-order valence-corrected chi connectivity index (χ1v) is 9.19. The van der Waals surface area contributed by atoms with Crippen molar-refractivity contribution in [3.63, 3.8) is 0 Å². The molecule has 0 spiro atoms. The fourth-order valence-corrected chi connectivity index (χ4v) is 3.19. The molecule has 6 nitrogen and oxygen atoms in total. The number of hydrogen-bond donors (Lipinski definition) is 0. The summed E-state index contributed by atoms with van der Waals surface area (Å²) < 4.78 is 29.6. The predicted octanol–water partition coefficient (Wildman–Crippen LogP) is 2.57. The predicted molar refractivity (Wildman–Crippen MR) is 103 cm³/mol. The molecule has 0 bridgehead atoms. The molecule has 0 N–H and O–H groups in total. The van der Waals surface area contributed by atoms with Crippen molar-refractivity contribution < 1.29 is 23.4 Å². The smallest absolute Gasteiger partial charge is 0.260 e. The van der Waals surface area contributed by atoms with Crippen molar-refractivity contribution in [2.75, 3.05) is 47.0 Å². The van der Waals surface area contributed by atoms with Crippen molar-refractivity contribution in [2.24, 2.45) is 0 Å². The summed E-state index contributed by atoms with van der Waals surface area (Å²) in [6, 6.07) is 12.3. The first-order valence-electron chi connectivity index (χ1n) is 9.19. The molecule has 0 radical (unpaired) electrons. The van der Waals surface area contributed by atoms with Crippen LogP contribution < -0.4 is 14.2 Å². The van der Waals surface area contributed by atoms with Crippen LogP contribution in [0.4, 0.5) is 4.39 Å². The van der Waals surface area contributed by atoms with E-state index < -0.39 is 0 Å². The minimum atomic E-state index is -0.359. The van der Waals surface area contributed by atoms with Gasteiger partial charge in [-0.05, 0) is 29.8 Å². The van der Waals surface area contributed by atoms with Gasteiger partial charge in [-0.2, -0.15) is 0 Å². The molecule has 150 valence electrons. The van der Waals surface area contributed by atoms with Gasteiger partial charge in [0.05, 0.1) is 14.2 Å². The summed E-state index contributed by atoms with van der Waals surface area (Å²) in [5.74, 6) is 0.989. The highest BCUT2D eigenvalue weighted by atomic mass is 19.1.